The van der Waals surface area contributed by atoms with Crippen LogP contribution in [0.25, 0.3) is 0 Å². The summed E-state index contributed by atoms with van der Waals surface area (Å²) >= 11 is 6.04. The molecular weight excluding hydrogens is 264 g/mol. The lowest BCUT2D eigenvalue weighted by Crippen LogP contribution is -2.12. The van der Waals surface area contributed by atoms with Crippen LogP contribution in [0.2, 0.25) is 5.02 Å². The van der Waals surface area contributed by atoms with Crippen LogP contribution in [0.5, 0.6) is 0 Å². The van der Waals surface area contributed by atoms with E-state index in [2.05, 4.69) is 27.1 Å². The SMILES string of the molecule is NCC#Cc1ccc(C(=O)Nc2ncc[nH]2)cc1Cl. The van der Waals surface area contributed by atoms with Gasteiger partial charge in [0.25, 0.3) is 5.91 Å². The molecule has 0 saturated carbocycles. The second-order valence-corrected chi connectivity index (χ2v) is 4.00. The van der Waals surface area contributed by atoms with Gasteiger partial charge in [-0.1, -0.05) is 23.4 Å². The fraction of sp³-hybridized carbons (Fsp3) is 0.0769. The monoisotopic (exact) mass is 274 g/mol. The Hall–Kier alpha value is -2.29. The van der Waals surface area contributed by atoms with Crippen LogP contribution in [-0.4, -0.2) is 22.4 Å². The molecule has 19 heavy (non-hydrogen) atoms. The van der Waals surface area contributed by atoms with E-state index in [1.165, 1.54) is 0 Å². The van der Waals surface area contributed by atoms with Gasteiger partial charge in [-0.15, -0.1) is 0 Å². The maximum Gasteiger partial charge on any atom is 0.258 e. The van der Waals surface area contributed by atoms with Gasteiger partial charge in [-0.2, -0.15) is 0 Å². The lowest BCUT2D eigenvalue weighted by Gasteiger charge is -2.03. The molecule has 5 nitrogen and oxygen atoms in total. The Labute approximate surface area is 115 Å². The molecule has 96 valence electrons. The van der Waals surface area contributed by atoms with Gasteiger partial charge in [0.15, 0.2) is 0 Å². The van der Waals surface area contributed by atoms with Crippen LogP contribution in [0.4, 0.5) is 5.95 Å². The molecule has 0 bridgehead atoms. The Morgan fingerprint density at radius 1 is 1.53 bits per heavy atom. The number of aromatic nitrogens is 2. The van der Waals surface area contributed by atoms with Gasteiger partial charge in [0.05, 0.1) is 11.6 Å². The van der Waals surface area contributed by atoms with Crippen molar-refractivity contribution < 1.29 is 4.79 Å². The molecule has 0 fully saturated rings. The van der Waals surface area contributed by atoms with Crippen LogP contribution >= 0.6 is 11.6 Å². The lowest BCUT2D eigenvalue weighted by atomic mass is 10.1. The summed E-state index contributed by atoms with van der Waals surface area (Å²) in [5.41, 5.74) is 6.36. The highest BCUT2D eigenvalue weighted by Gasteiger charge is 2.09. The molecule has 0 spiro atoms. The van der Waals surface area contributed by atoms with Crippen molar-refractivity contribution in [2.24, 2.45) is 5.73 Å². The van der Waals surface area contributed by atoms with Crippen molar-refractivity contribution in [2.45, 2.75) is 0 Å². The number of carbonyl (C=O) groups excluding carboxylic acids is 1. The highest BCUT2D eigenvalue weighted by Crippen LogP contribution is 2.17. The molecule has 6 heteroatoms. The molecule has 0 atom stereocenters. The summed E-state index contributed by atoms with van der Waals surface area (Å²) in [6, 6.07) is 4.88. The average Bonchev–Trinajstić information content (AvgIpc) is 2.90. The third kappa shape index (κ3) is 3.35. The molecular formula is C13H11ClN4O. The molecule has 0 aliphatic heterocycles. The van der Waals surface area contributed by atoms with Crippen molar-refractivity contribution in [3.63, 3.8) is 0 Å². The topological polar surface area (TPSA) is 83.8 Å². The van der Waals surface area contributed by atoms with Crippen LogP contribution in [0.15, 0.2) is 30.6 Å². The summed E-state index contributed by atoms with van der Waals surface area (Å²) < 4.78 is 0. The fourth-order valence-corrected chi connectivity index (χ4v) is 1.65. The molecule has 4 N–H and O–H groups in total. The van der Waals surface area contributed by atoms with Gasteiger partial charge in [0, 0.05) is 23.5 Å². The standard InChI is InChI=1S/C13H11ClN4O/c14-11-8-10(4-3-9(11)2-1-5-15)12(19)18-13-16-6-7-17-13/h3-4,6-8H,5,15H2,(H2,16,17,18,19). The van der Waals surface area contributed by atoms with Crippen molar-refractivity contribution in [3.8, 4) is 11.8 Å². The van der Waals surface area contributed by atoms with E-state index in [-0.39, 0.29) is 12.5 Å². The quantitative estimate of drug-likeness (QED) is 0.728. The number of hydrogen-bond donors (Lipinski definition) is 3. The van der Waals surface area contributed by atoms with Gasteiger partial charge in [-0.05, 0) is 18.2 Å². The van der Waals surface area contributed by atoms with E-state index in [1.807, 2.05) is 0 Å². The Morgan fingerprint density at radius 2 is 2.37 bits per heavy atom. The number of halogens is 1. The van der Waals surface area contributed by atoms with E-state index < -0.39 is 0 Å². The summed E-state index contributed by atoms with van der Waals surface area (Å²) in [6.45, 7) is 0.261. The van der Waals surface area contributed by atoms with Gasteiger partial charge >= 0.3 is 0 Å². The summed E-state index contributed by atoms with van der Waals surface area (Å²) in [7, 11) is 0. The smallest absolute Gasteiger partial charge is 0.258 e. The van der Waals surface area contributed by atoms with E-state index >= 15 is 0 Å². The largest absolute Gasteiger partial charge is 0.331 e. The number of nitrogens with zero attached hydrogens (tertiary/aromatic N) is 1. The molecule has 1 heterocycles. The van der Waals surface area contributed by atoms with E-state index in [4.69, 9.17) is 17.3 Å². The third-order valence-corrected chi connectivity index (χ3v) is 2.60. The number of carbonyl (C=O) groups is 1. The number of benzene rings is 1. The zero-order chi connectivity index (χ0) is 13.7. The normalized spacial score (nSPS) is 9.58. The second kappa shape index (κ2) is 6.05. The number of anilines is 1. The minimum atomic E-state index is -0.296. The average molecular weight is 275 g/mol. The molecule has 0 aliphatic carbocycles. The van der Waals surface area contributed by atoms with Gasteiger partial charge < -0.3 is 10.7 Å². The van der Waals surface area contributed by atoms with Gasteiger partial charge in [-0.25, -0.2) is 4.98 Å². The molecule has 1 amide bonds. The van der Waals surface area contributed by atoms with Gasteiger partial charge in [0.1, 0.15) is 0 Å². The molecule has 1 aromatic carbocycles. The van der Waals surface area contributed by atoms with Crippen LogP contribution < -0.4 is 11.1 Å². The minimum absolute atomic E-state index is 0.261. The van der Waals surface area contributed by atoms with Crippen molar-refractivity contribution in [1.82, 2.24) is 9.97 Å². The van der Waals surface area contributed by atoms with Gasteiger partial charge in [-0.3, -0.25) is 10.1 Å². The number of amides is 1. The Bertz CT molecular complexity index is 640. The highest BCUT2D eigenvalue weighted by molar-refractivity contribution is 6.32. The minimum Gasteiger partial charge on any atom is -0.331 e. The third-order valence-electron chi connectivity index (χ3n) is 2.29. The molecule has 2 rings (SSSR count). The second-order valence-electron chi connectivity index (χ2n) is 3.59. The zero-order valence-corrected chi connectivity index (χ0v) is 10.7. The predicted octanol–water partition coefficient (Wildman–Crippen LogP) is 1.63. The number of aromatic amines is 1. The Balaban J connectivity index is 2.17. The van der Waals surface area contributed by atoms with Crippen molar-refractivity contribution >= 4 is 23.5 Å². The first kappa shape index (κ1) is 13.1. The zero-order valence-electron chi connectivity index (χ0n) is 9.90. The number of nitrogens with two attached hydrogens (primary N) is 1. The highest BCUT2D eigenvalue weighted by atomic mass is 35.5. The summed E-state index contributed by atoms with van der Waals surface area (Å²) in [5.74, 6) is 5.62. The Morgan fingerprint density at radius 3 is 3.00 bits per heavy atom. The molecule has 0 saturated heterocycles. The number of imidazole rings is 1. The first-order valence-electron chi connectivity index (χ1n) is 5.50. The number of hydrogen-bond acceptors (Lipinski definition) is 3. The summed E-state index contributed by atoms with van der Waals surface area (Å²) in [5, 5.41) is 3.02. The maximum atomic E-state index is 11.9. The van der Waals surface area contributed by atoms with E-state index in [1.54, 1.807) is 30.6 Å². The fourth-order valence-electron chi connectivity index (χ4n) is 1.42. The summed E-state index contributed by atoms with van der Waals surface area (Å²) in [6.07, 6.45) is 3.17. The molecule has 0 radical (unpaired) electrons. The molecule has 0 aliphatic rings. The number of nitrogens with one attached hydrogen (secondary N) is 2. The Kier molecular flexibility index (Phi) is 4.18. The number of rotatable bonds is 2. The van der Waals surface area contributed by atoms with Crippen LogP contribution in [-0.2, 0) is 0 Å². The molecule has 0 unspecified atom stereocenters. The molecule has 2 aromatic rings. The van der Waals surface area contributed by atoms with Crippen LogP contribution in [0, 0.1) is 11.8 Å². The van der Waals surface area contributed by atoms with Gasteiger partial charge in [0.2, 0.25) is 5.95 Å². The van der Waals surface area contributed by atoms with E-state index in [9.17, 15) is 4.79 Å². The van der Waals surface area contributed by atoms with Crippen molar-refractivity contribution in [2.75, 3.05) is 11.9 Å². The van der Waals surface area contributed by atoms with E-state index in [0.717, 1.165) is 0 Å². The number of H-pyrrole nitrogens is 1. The first-order valence-corrected chi connectivity index (χ1v) is 5.87. The van der Waals surface area contributed by atoms with Crippen molar-refractivity contribution in [3.05, 3.63) is 46.7 Å². The van der Waals surface area contributed by atoms with Crippen LogP contribution in [0.1, 0.15) is 15.9 Å². The van der Waals surface area contributed by atoms with Crippen molar-refractivity contribution in [1.29, 1.82) is 0 Å². The maximum absolute atomic E-state index is 11.9. The summed E-state index contributed by atoms with van der Waals surface area (Å²) in [4.78, 5) is 18.6. The molecule has 1 aromatic heterocycles. The first-order chi connectivity index (χ1) is 9.20. The van der Waals surface area contributed by atoms with E-state index in [0.29, 0.717) is 22.1 Å². The predicted molar refractivity (Wildman–Crippen MR) is 73.9 cm³/mol. The van der Waals surface area contributed by atoms with Crippen LogP contribution in [0.3, 0.4) is 0 Å². The lowest BCUT2D eigenvalue weighted by molar-refractivity contribution is 0.102.